The van der Waals surface area contributed by atoms with Gasteiger partial charge in [-0.05, 0) is 24.3 Å². The normalized spacial score (nSPS) is 10.4. The molecule has 0 aliphatic carbocycles. The lowest BCUT2D eigenvalue weighted by Gasteiger charge is -2.04. The third-order valence-electron chi connectivity index (χ3n) is 2.47. The lowest BCUT2D eigenvalue weighted by Crippen LogP contribution is -2.12. The number of amides is 1. The smallest absolute Gasteiger partial charge is 0.257 e. The SMILES string of the molecule is O=C(Nc1ccc2nncn2c1)c1cccnc1. The number of aromatic nitrogens is 4. The highest BCUT2D eigenvalue weighted by molar-refractivity contribution is 6.03. The van der Waals surface area contributed by atoms with Crippen molar-refractivity contribution in [1.82, 2.24) is 19.6 Å². The van der Waals surface area contributed by atoms with Crippen molar-refractivity contribution in [2.75, 3.05) is 5.32 Å². The maximum absolute atomic E-state index is 11.9. The van der Waals surface area contributed by atoms with Gasteiger partial charge in [0.15, 0.2) is 5.65 Å². The van der Waals surface area contributed by atoms with Gasteiger partial charge in [0.05, 0.1) is 11.3 Å². The minimum Gasteiger partial charge on any atom is -0.321 e. The Morgan fingerprint density at radius 3 is 3.06 bits per heavy atom. The van der Waals surface area contributed by atoms with Crippen molar-refractivity contribution in [3.8, 4) is 0 Å². The van der Waals surface area contributed by atoms with E-state index < -0.39 is 0 Å². The standard InChI is InChI=1S/C12H9N5O/c18-12(9-2-1-5-13-6-9)15-10-3-4-11-16-14-8-17(11)7-10/h1-8H,(H,15,18). The van der Waals surface area contributed by atoms with Crippen molar-refractivity contribution < 1.29 is 4.79 Å². The summed E-state index contributed by atoms with van der Waals surface area (Å²) in [5.74, 6) is -0.199. The molecule has 0 aromatic carbocycles. The Bertz CT molecular complexity index is 692. The molecule has 0 aliphatic heterocycles. The molecular weight excluding hydrogens is 230 g/mol. The molecule has 18 heavy (non-hydrogen) atoms. The molecule has 88 valence electrons. The molecule has 3 aromatic heterocycles. The number of hydrogen-bond acceptors (Lipinski definition) is 4. The van der Waals surface area contributed by atoms with Crippen molar-refractivity contribution in [3.63, 3.8) is 0 Å². The molecule has 0 atom stereocenters. The van der Waals surface area contributed by atoms with Crippen LogP contribution in [0.15, 0.2) is 49.2 Å². The Hall–Kier alpha value is -2.76. The van der Waals surface area contributed by atoms with Gasteiger partial charge >= 0.3 is 0 Å². The molecule has 3 heterocycles. The highest BCUT2D eigenvalue weighted by Gasteiger charge is 2.06. The van der Waals surface area contributed by atoms with Crippen molar-refractivity contribution >= 4 is 17.2 Å². The zero-order chi connectivity index (χ0) is 12.4. The average molecular weight is 239 g/mol. The van der Waals surface area contributed by atoms with Gasteiger partial charge in [-0.3, -0.25) is 14.2 Å². The predicted octanol–water partition coefficient (Wildman–Crippen LogP) is 1.38. The fourth-order valence-corrected chi connectivity index (χ4v) is 1.60. The van der Waals surface area contributed by atoms with Crippen LogP contribution < -0.4 is 5.32 Å². The van der Waals surface area contributed by atoms with E-state index in [1.807, 2.05) is 0 Å². The maximum Gasteiger partial charge on any atom is 0.257 e. The summed E-state index contributed by atoms with van der Waals surface area (Å²) in [4.78, 5) is 15.8. The number of rotatable bonds is 2. The first-order chi connectivity index (χ1) is 8.83. The van der Waals surface area contributed by atoms with Crippen molar-refractivity contribution in [3.05, 3.63) is 54.7 Å². The van der Waals surface area contributed by atoms with Crippen LogP contribution in [0.5, 0.6) is 0 Å². The minimum absolute atomic E-state index is 0.199. The lowest BCUT2D eigenvalue weighted by atomic mass is 10.2. The van der Waals surface area contributed by atoms with Crippen LogP contribution in [0, 0.1) is 0 Å². The van der Waals surface area contributed by atoms with Gasteiger partial charge in [-0.15, -0.1) is 10.2 Å². The van der Waals surface area contributed by atoms with E-state index in [4.69, 9.17) is 0 Å². The predicted molar refractivity (Wildman–Crippen MR) is 65.2 cm³/mol. The van der Waals surface area contributed by atoms with E-state index >= 15 is 0 Å². The summed E-state index contributed by atoms with van der Waals surface area (Å²) < 4.78 is 1.73. The van der Waals surface area contributed by atoms with Gasteiger partial charge in [0.1, 0.15) is 6.33 Å². The van der Waals surface area contributed by atoms with E-state index in [-0.39, 0.29) is 5.91 Å². The number of pyridine rings is 2. The van der Waals surface area contributed by atoms with Crippen LogP contribution >= 0.6 is 0 Å². The fraction of sp³-hybridized carbons (Fsp3) is 0. The second kappa shape index (κ2) is 4.25. The summed E-state index contributed by atoms with van der Waals surface area (Å²) in [5, 5.41) is 10.4. The first kappa shape index (κ1) is 10.4. The van der Waals surface area contributed by atoms with Crippen LogP contribution in [-0.2, 0) is 0 Å². The van der Waals surface area contributed by atoms with E-state index in [0.717, 1.165) is 5.65 Å². The first-order valence-corrected chi connectivity index (χ1v) is 5.34. The lowest BCUT2D eigenvalue weighted by molar-refractivity contribution is 0.102. The second-order valence-electron chi connectivity index (χ2n) is 3.71. The largest absolute Gasteiger partial charge is 0.321 e. The van der Waals surface area contributed by atoms with E-state index in [0.29, 0.717) is 11.3 Å². The molecule has 1 N–H and O–H groups in total. The number of nitrogens with one attached hydrogen (secondary N) is 1. The number of carbonyl (C=O) groups is 1. The molecule has 0 spiro atoms. The van der Waals surface area contributed by atoms with Gasteiger partial charge < -0.3 is 5.32 Å². The second-order valence-corrected chi connectivity index (χ2v) is 3.71. The monoisotopic (exact) mass is 239 g/mol. The average Bonchev–Trinajstić information content (AvgIpc) is 2.87. The minimum atomic E-state index is -0.199. The number of carbonyl (C=O) groups excluding carboxylic acids is 1. The molecule has 0 saturated heterocycles. The van der Waals surface area contributed by atoms with E-state index in [9.17, 15) is 4.79 Å². The molecular formula is C12H9N5O. The van der Waals surface area contributed by atoms with Crippen molar-refractivity contribution in [1.29, 1.82) is 0 Å². The molecule has 0 aliphatic rings. The van der Waals surface area contributed by atoms with E-state index in [1.165, 1.54) is 6.20 Å². The van der Waals surface area contributed by atoms with Crippen molar-refractivity contribution in [2.24, 2.45) is 0 Å². The van der Waals surface area contributed by atoms with Crippen LogP contribution in [0.3, 0.4) is 0 Å². The summed E-state index contributed by atoms with van der Waals surface area (Å²) in [6.07, 6.45) is 6.48. The van der Waals surface area contributed by atoms with Crippen LogP contribution in [0.1, 0.15) is 10.4 Å². The number of nitrogens with zero attached hydrogens (tertiary/aromatic N) is 4. The number of anilines is 1. The molecule has 0 fully saturated rings. The summed E-state index contributed by atoms with van der Waals surface area (Å²) >= 11 is 0. The van der Waals surface area contributed by atoms with Gasteiger partial charge in [-0.2, -0.15) is 0 Å². The van der Waals surface area contributed by atoms with Crippen LogP contribution in [0.25, 0.3) is 5.65 Å². The first-order valence-electron chi connectivity index (χ1n) is 5.34. The Morgan fingerprint density at radius 1 is 1.28 bits per heavy atom. The third kappa shape index (κ3) is 1.91. The third-order valence-corrected chi connectivity index (χ3v) is 2.47. The Morgan fingerprint density at radius 2 is 2.22 bits per heavy atom. The van der Waals surface area contributed by atoms with Crippen LogP contribution in [-0.4, -0.2) is 25.5 Å². The molecule has 0 saturated carbocycles. The van der Waals surface area contributed by atoms with Crippen LogP contribution in [0.4, 0.5) is 5.69 Å². The highest BCUT2D eigenvalue weighted by atomic mass is 16.1. The fourth-order valence-electron chi connectivity index (χ4n) is 1.60. The molecule has 3 rings (SSSR count). The quantitative estimate of drug-likeness (QED) is 0.733. The topological polar surface area (TPSA) is 72.2 Å². The molecule has 1 amide bonds. The number of fused-ring (bicyclic) bond motifs is 1. The van der Waals surface area contributed by atoms with Gasteiger partial charge in [-0.1, -0.05) is 0 Å². The Balaban J connectivity index is 1.86. The molecule has 0 radical (unpaired) electrons. The highest BCUT2D eigenvalue weighted by Crippen LogP contribution is 2.10. The summed E-state index contributed by atoms with van der Waals surface area (Å²) in [5.41, 5.74) is 1.92. The summed E-state index contributed by atoms with van der Waals surface area (Å²) in [6.45, 7) is 0. The zero-order valence-corrected chi connectivity index (χ0v) is 9.32. The molecule has 0 unspecified atom stereocenters. The molecule has 6 nitrogen and oxygen atoms in total. The maximum atomic E-state index is 11.9. The molecule has 0 bridgehead atoms. The molecule has 3 aromatic rings. The van der Waals surface area contributed by atoms with Crippen molar-refractivity contribution in [2.45, 2.75) is 0 Å². The Labute approximate surface area is 102 Å². The zero-order valence-electron chi connectivity index (χ0n) is 9.32. The summed E-state index contributed by atoms with van der Waals surface area (Å²) in [7, 11) is 0. The number of hydrogen-bond donors (Lipinski definition) is 1. The van der Waals surface area contributed by atoms with Crippen LogP contribution in [0.2, 0.25) is 0 Å². The van der Waals surface area contributed by atoms with Gasteiger partial charge in [0.2, 0.25) is 0 Å². The molecule has 6 heteroatoms. The van der Waals surface area contributed by atoms with Gasteiger partial charge in [0, 0.05) is 18.6 Å². The Kier molecular flexibility index (Phi) is 2.45. The van der Waals surface area contributed by atoms with E-state index in [1.54, 1.807) is 47.4 Å². The van der Waals surface area contributed by atoms with Gasteiger partial charge in [-0.25, -0.2) is 0 Å². The van der Waals surface area contributed by atoms with E-state index in [2.05, 4.69) is 20.5 Å². The summed E-state index contributed by atoms with van der Waals surface area (Å²) in [6, 6.07) is 6.99. The van der Waals surface area contributed by atoms with Gasteiger partial charge in [0.25, 0.3) is 5.91 Å².